The number of carbonyl (C=O) groups is 3. The highest BCUT2D eigenvalue weighted by Crippen LogP contribution is 2.24. The molecule has 1 aliphatic carbocycles. The van der Waals surface area contributed by atoms with Gasteiger partial charge in [-0.15, -0.1) is 11.3 Å². The van der Waals surface area contributed by atoms with Crippen LogP contribution in [0.2, 0.25) is 0 Å². The van der Waals surface area contributed by atoms with Crippen LogP contribution in [-0.2, 0) is 0 Å². The van der Waals surface area contributed by atoms with Crippen molar-refractivity contribution in [3.63, 3.8) is 0 Å². The minimum atomic E-state index is -0.702. The summed E-state index contributed by atoms with van der Waals surface area (Å²) in [6.45, 7) is 0. The van der Waals surface area contributed by atoms with Crippen molar-refractivity contribution in [3.05, 3.63) is 53.3 Å². The Balaban J connectivity index is 1.36. The molecule has 2 atom stereocenters. The van der Waals surface area contributed by atoms with E-state index in [0.29, 0.717) is 28.8 Å². The molecular formula is C18H16N6O3S. The number of amides is 4. The van der Waals surface area contributed by atoms with Gasteiger partial charge in [0, 0.05) is 16.6 Å². The van der Waals surface area contributed by atoms with Gasteiger partial charge in [0.2, 0.25) is 0 Å². The number of rotatable bonds is 5. The Hall–Kier alpha value is -3.53. The summed E-state index contributed by atoms with van der Waals surface area (Å²) in [5.74, 6) is -0.586. The molecule has 1 fully saturated rings. The molecule has 142 valence electrons. The number of benzene rings is 1. The molecule has 0 spiro atoms. The molecule has 4 amide bonds. The van der Waals surface area contributed by atoms with Crippen molar-refractivity contribution < 1.29 is 14.4 Å². The number of hydrogen-bond acceptors (Lipinski definition) is 6. The van der Waals surface area contributed by atoms with E-state index >= 15 is 0 Å². The summed E-state index contributed by atoms with van der Waals surface area (Å²) < 4.78 is 0. The van der Waals surface area contributed by atoms with E-state index in [1.165, 1.54) is 23.7 Å². The van der Waals surface area contributed by atoms with Crippen LogP contribution in [0.25, 0.3) is 10.2 Å². The van der Waals surface area contributed by atoms with Gasteiger partial charge >= 0.3 is 6.03 Å². The van der Waals surface area contributed by atoms with Gasteiger partial charge in [0.05, 0.1) is 12.1 Å². The van der Waals surface area contributed by atoms with E-state index in [4.69, 9.17) is 5.73 Å². The van der Waals surface area contributed by atoms with Crippen LogP contribution in [0.15, 0.2) is 42.0 Å². The van der Waals surface area contributed by atoms with E-state index in [1.54, 1.807) is 18.2 Å². The molecule has 4 rings (SSSR count). The molecule has 0 saturated heterocycles. The summed E-state index contributed by atoms with van der Waals surface area (Å²) in [7, 11) is 0. The molecule has 1 saturated carbocycles. The Kier molecular flexibility index (Phi) is 4.62. The van der Waals surface area contributed by atoms with E-state index in [9.17, 15) is 14.4 Å². The van der Waals surface area contributed by atoms with E-state index in [1.807, 2.05) is 11.4 Å². The normalized spacial score (nSPS) is 17.7. The lowest BCUT2D eigenvalue weighted by atomic mass is 10.2. The van der Waals surface area contributed by atoms with Crippen LogP contribution in [0, 0.1) is 0 Å². The quantitative estimate of drug-likeness (QED) is 0.517. The second-order valence-electron chi connectivity index (χ2n) is 6.33. The summed E-state index contributed by atoms with van der Waals surface area (Å²) in [6.07, 6.45) is 2.00. The highest BCUT2D eigenvalue weighted by Gasteiger charge is 2.40. The highest BCUT2D eigenvalue weighted by molar-refractivity contribution is 7.16. The molecule has 28 heavy (non-hydrogen) atoms. The zero-order chi connectivity index (χ0) is 19.7. The maximum Gasteiger partial charge on any atom is 0.316 e. The Morgan fingerprint density at radius 2 is 1.86 bits per heavy atom. The molecular weight excluding hydrogens is 380 g/mol. The lowest BCUT2D eigenvalue weighted by molar-refractivity contribution is 0.0925. The van der Waals surface area contributed by atoms with Gasteiger partial charge in [-0.3, -0.25) is 9.59 Å². The van der Waals surface area contributed by atoms with Gasteiger partial charge in [-0.05, 0) is 36.1 Å². The van der Waals surface area contributed by atoms with Gasteiger partial charge in [0.1, 0.15) is 16.9 Å². The molecule has 0 aliphatic heterocycles. The number of carbonyl (C=O) groups excluding carboxylic acids is 3. The summed E-state index contributed by atoms with van der Waals surface area (Å²) >= 11 is 1.44. The fraction of sp³-hybridized carbons (Fsp3) is 0.167. The molecule has 0 radical (unpaired) electrons. The van der Waals surface area contributed by atoms with Crippen LogP contribution in [0.5, 0.6) is 0 Å². The first-order valence-electron chi connectivity index (χ1n) is 8.48. The lowest BCUT2D eigenvalue weighted by Crippen LogP contribution is -2.35. The molecule has 5 N–H and O–H groups in total. The lowest BCUT2D eigenvalue weighted by Gasteiger charge is -2.08. The molecule has 2 heterocycles. The minimum Gasteiger partial charge on any atom is -0.351 e. The van der Waals surface area contributed by atoms with Crippen LogP contribution >= 0.6 is 11.3 Å². The van der Waals surface area contributed by atoms with E-state index in [-0.39, 0.29) is 23.9 Å². The van der Waals surface area contributed by atoms with Crippen molar-refractivity contribution >= 4 is 45.1 Å². The van der Waals surface area contributed by atoms with Crippen molar-refractivity contribution in [2.45, 2.75) is 18.5 Å². The second-order valence-corrected chi connectivity index (χ2v) is 7.22. The zero-order valence-corrected chi connectivity index (χ0v) is 15.3. The number of urea groups is 1. The van der Waals surface area contributed by atoms with Crippen LogP contribution in [0.1, 0.15) is 27.3 Å². The monoisotopic (exact) mass is 396 g/mol. The SMILES string of the molecule is NC(=O)Nc1cccc(C(=O)N[C@H]2C[C@@H]2NC(=O)c2ncnc3sccc23)c1. The zero-order valence-electron chi connectivity index (χ0n) is 14.5. The second kappa shape index (κ2) is 7.24. The molecule has 10 heteroatoms. The van der Waals surface area contributed by atoms with Crippen molar-refractivity contribution in [2.75, 3.05) is 5.32 Å². The predicted octanol–water partition coefficient (Wildman–Crippen LogP) is 1.48. The van der Waals surface area contributed by atoms with Gasteiger partial charge in [-0.25, -0.2) is 14.8 Å². The van der Waals surface area contributed by atoms with Crippen molar-refractivity contribution in [1.29, 1.82) is 0 Å². The largest absolute Gasteiger partial charge is 0.351 e. The molecule has 9 nitrogen and oxygen atoms in total. The number of thiophene rings is 1. The Morgan fingerprint density at radius 3 is 2.64 bits per heavy atom. The fourth-order valence-electron chi connectivity index (χ4n) is 2.85. The minimum absolute atomic E-state index is 0.160. The highest BCUT2D eigenvalue weighted by atomic mass is 32.1. The number of fused-ring (bicyclic) bond motifs is 1. The van der Waals surface area contributed by atoms with Gasteiger partial charge in [-0.1, -0.05) is 6.07 Å². The molecule has 1 aromatic carbocycles. The van der Waals surface area contributed by atoms with Crippen LogP contribution in [0.3, 0.4) is 0 Å². The maximum atomic E-state index is 12.5. The summed E-state index contributed by atoms with van der Waals surface area (Å²) in [5, 5.41) is 10.7. The van der Waals surface area contributed by atoms with E-state index < -0.39 is 6.03 Å². The fourth-order valence-corrected chi connectivity index (χ4v) is 3.59. The Bertz CT molecular complexity index is 1080. The first-order valence-corrected chi connectivity index (χ1v) is 9.35. The summed E-state index contributed by atoms with van der Waals surface area (Å²) in [6, 6.07) is 7.23. The number of hydrogen-bond donors (Lipinski definition) is 4. The first-order chi connectivity index (χ1) is 13.5. The molecule has 0 unspecified atom stereocenters. The number of nitrogens with one attached hydrogen (secondary N) is 3. The van der Waals surface area contributed by atoms with Crippen LogP contribution < -0.4 is 21.7 Å². The van der Waals surface area contributed by atoms with Gasteiger partial charge < -0.3 is 21.7 Å². The molecule has 1 aliphatic rings. The number of aromatic nitrogens is 2. The van der Waals surface area contributed by atoms with Gasteiger partial charge in [0.25, 0.3) is 11.8 Å². The predicted molar refractivity (Wildman–Crippen MR) is 104 cm³/mol. The first kappa shape index (κ1) is 17.9. The standard InChI is InChI=1S/C18H16N6O3S/c19-18(27)22-10-3-1-2-9(6-10)15(25)23-12-7-13(12)24-16(26)14-11-4-5-28-17(11)21-8-20-14/h1-6,8,12-13H,7H2,(H,23,25)(H,24,26)(H3,19,22,27)/t12-,13-/m0/s1. The topological polar surface area (TPSA) is 139 Å². The third-order valence-corrected chi connectivity index (χ3v) is 5.11. The third kappa shape index (κ3) is 3.76. The average Bonchev–Trinajstić information content (AvgIpc) is 3.19. The third-order valence-electron chi connectivity index (χ3n) is 4.29. The Morgan fingerprint density at radius 1 is 1.07 bits per heavy atom. The summed E-state index contributed by atoms with van der Waals surface area (Å²) in [5.41, 5.74) is 6.23. The number of nitrogens with zero attached hydrogens (tertiary/aromatic N) is 2. The summed E-state index contributed by atoms with van der Waals surface area (Å²) in [4.78, 5) is 44.8. The smallest absolute Gasteiger partial charge is 0.316 e. The van der Waals surface area contributed by atoms with E-state index in [2.05, 4.69) is 25.9 Å². The molecule has 0 bridgehead atoms. The van der Waals surface area contributed by atoms with E-state index in [0.717, 1.165) is 4.83 Å². The average molecular weight is 396 g/mol. The van der Waals surface area contributed by atoms with Gasteiger partial charge in [0.15, 0.2) is 0 Å². The number of nitrogens with two attached hydrogens (primary N) is 1. The molecule has 2 aromatic heterocycles. The number of primary amides is 1. The van der Waals surface area contributed by atoms with Gasteiger partial charge in [-0.2, -0.15) is 0 Å². The van der Waals surface area contributed by atoms with Crippen molar-refractivity contribution in [1.82, 2.24) is 20.6 Å². The van der Waals surface area contributed by atoms with Crippen LogP contribution in [0.4, 0.5) is 10.5 Å². The maximum absolute atomic E-state index is 12.5. The van der Waals surface area contributed by atoms with Crippen molar-refractivity contribution in [3.8, 4) is 0 Å². The van der Waals surface area contributed by atoms with Crippen molar-refractivity contribution in [2.24, 2.45) is 5.73 Å². The Labute approximate surface area is 163 Å². The van der Waals surface area contributed by atoms with Crippen LogP contribution in [-0.4, -0.2) is 39.9 Å². The molecule has 3 aromatic rings. The number of anilines is 1.